The second-order valence-electron chi connectivity index (χ2n) is 3.29. The molecule has 0 saturated carbocycles. The van der Waals surface area contributed by atoms with Crippen LogP contribution in [0.1, 0.15) is 6.42 Å². The average Bonchev–Trinajstić information content (AvgIpc) is 2.62. The highest BCUT2D eigenvalue weighted by atomic mass is 19.1. The first-order valence-corrected chi connectivity index (χ1v) is 4.55. The normalized spacial score (nSPS) is 21.1. The highest BCUT2D eigenvalue weighted by molar-refractivity contribution is 5.52. The number of nitrogen functional groups attached to an aromatic ring is 1. The van der Waals surface area contributed by atoms with Gasteiger partial charge in [0.25, 0.3) is 0 Å². The van der Waals surface area contributed by atoms with E-state index in [9.17, 15) is 4.39 Å². The van der Waals surface area contributed by atoms with Gasteiger partial charge in [0.1, 0.15) is 17.7 Å². The molecule has 1 aliphatic rings. The Labute approximate surface area is 81.6 Å². The summed E-state index contributed by atoms with van der Waals surface area (Å²) in [7, 11) is 0. The molecule has 14 heavy (non-hydrogen) atoms. The fourth-order valence-corrected chi connectivity index (χ4v) is 1.41. The van der Waals surface area contributed by atoms with Gasteiger partial charge in [-0.05, 0) is 12.1 Å². The van der Waals surface area contributed by atoms with E-state index in [1.165, 1.54) is 12.1 Å². The zero-order valence-electron chi connectivity index (χ0n) is 7.70. The molecule has 1 aliphatic heterocycles. The Morgan fingerprint density at radius 2 is 2.36 bits per heavy atom. The molecule has 1 aromatic carbocycles. The fourth-order valence-electron chi connectivity index (χ4n) is 1.41. The average molecular weight is 197 g/mol. The first-order chi connectivity index (χ1) is 6.75. The van der Waals surface area contributed by atoms with Crippen molar-refractivity contribution in [1.82, 2.24) is 0 Å². The predicted molar refractivity (Wildman–Crippen MR) is 50.7 cm³/mol. The third kappa shape index (κ3) is 1.96. The Morgan fingerprint density at radius 1 is 1.50 bits per heavy atom. The second-order valence-corrected chi connectivity index (χ2v) is 3.29. The summed E-state index contributed by atoms with van der Waals surface area (Å²) in [6, 6.07) is 4.13. The Balaban J connectivity index is 2.08. The molecule has 0 radical (unpaired) electrons. The maximum atomic E-state index is 12.7. The Hall–Kier alpha value is -1.29. The molecule has 0 unspecified atom stereocenters. The largest absolute Gasteiger partial charge is 0.486 e. The third-order valence-corrected chi connectivity index (χ3v) is 2.15. The van der Waals surface area contributed by atoms with Gasteiger partial charge in [0.2, 0.25) is 0 Å². The van der Waals surface area contributed by atoms with Crippen molar-refractivity contribution in [3.63, 3.8) is 0 Å². The minimum atomic E-state index is -0.350. The van der Waals surface area contributed by atoms with Crippen molar-refractivity contribution in [3.8, 4) is 5.75 Å². The molecule has 76 valence electrons. The quantitative estimate of drug-likeness (QED) is 0.732. The number of benzene rings is 1. The fraction of sp³-hybridized carbons (Fsp3) is 0.400. The number of nitrogens with two attached hydrogens (primary N) is 1. The number of ether oxygens (including phenoxy) is 2. The van der Waals surface area contributed by atoms with Crippen LogP contribution in [0.4, 0.5) is 10.1 Å². The van der Waals surface area contributed by atoms with Crippen molar-refractivity contribution in [3.05, 3.63) is 24.0 Å². The lowest BCUT2D eigenvalue weighted by molar-refractivity contribution is 0.142. The zero-order valence-corrected chi connectivity index (χ0v) is 7.70. The van der Waals surface area contributed by atoms with Gasteiger partial charge in [-0.2, -0.15) is 0 Å². The summed E-state index contributed by atoms with van der Waals surface area (Å²) in [4.78, 5) is 0. The first-order valence-electron chi connectivity index (χ1n) is 4.55. The minimum Gasteiger partial charge on any atom is -0.486 e. The van der Waals surface area contributed by atoms with Gasteiger partial charge in [-0.15, -0.1) is 0 Å². The van der Waals surface area contributed by atoms with E-state index in [2.05, 4.69) is 0 Å². The Morgan fingerprint density at radius 3 is 3.00 bits per heavy atom. The maximum Gasteiger partial charge on any atom is 0.142 e. The zero-order chi connectivity index (χ0) is 9.97. The van der Waals surface area contributed by atoms with Gasteiger partial charge < -0.3 is 15.2 Å². The van der Waals surface area contributed by atoms with E-state index in [-0.39, 0.29) is 11.9 Å². The number of hydrogen-bond donors (Lipinski definition) is 1. The van der Waals surface area contributed by atoms with Crippen molar-refractivity contribution in [2.45, 2.75) is 12.5 Å². The highest BCUT2D eigenvalue weighted by Crippen LogP contribution is 2.24. The van der Waals surface area contributed by atoms with Crippen LogP contribution in [0.25, 0.3) is 0 Å². The van der Waals surface area contributed by atoms with Gasteiger partial charge in [-0.1, -0.05) is 0 Å². The lowest BCUT2D eigenvalue weighted by atomic mass is 10.2. The van der Waals surface area contributed by atoms with Crippen LogP contribution in [0.2, 0.25) is 0 Å². The molecule has 1 atom stereocenters. The first kappa shape index (κ1) is 9.27. The molecule has 1 aromatic rings. The van der Waals surface area contributed by atoms with Crippen LogP contribution in [0, 0.1) is 5.82 Å². The SMILES string of the molecule is Nc1cc(F)ccc1O[C@H]1CCOC1. The highest BCUT2D eigenvalue weighted by Gasteiger charge is 2.18. The smallest absolute Gasteiger partial charge is 0.142 e. The molecule has 0 spiro atoms. The molecule has 0 bridgehead atoms. The van der Waals surface area contributed by atoms with Crippen LogP contribution in [-0.2, 0) is 4.74 Å². The van der Waals surface area contributed by atoms with E-state index >= 15 is 0 Å². The topological polar surface area (TPSA) is 44.5 Å². The number of anilines is 1. The molecule has 3 nitrogen and oxygen atoms in total. The summed E-state index contributed by atoms with van der Waals surface area (Å²) >= 11 is 0. The van der Waals surface area contributed by atoms with Gasteiger partial charge in [0.15, 0.2) is 0 Å². The molecule has 0 amide bonds. The summed E-state index contributed by atoms with van der Waals surface area (Å²) in [5.74, 6) is 0.180. The van der Waals surface area contributed by atoms with Gasteiger partial charge in [0.05, 0.1) is 18.9 Å². The van der Waals surface area contributed by atoms with Crippen LogP contribution >= 0.6 is 0 Å². The van der Waals surface area contributed by atoms with E-state index in [0.29, 0.717) is 24.7 Å². The van der Waals surface area contributed by atoms with Gasteiger partial charge in [0, 0.05) is 12.5 Å². The molecular formula is C10H12FNO2. The summed E-state index contributed by atoms with van der Waals surface area (Å²) in [5, 5.41) is 0. The van der Waals surface area contributed by atoms with Gasteiger partial charge in [-0.25, -0.2) is 4.39 Å². The number of halogens is 1. The van der Waals surface area contributed by atoms with Crippen LogP contribution in [0.5, 0.6) is 5.75 Å². The number of rotatable bonds is 2. The third-order valence-electron chi connectivity index (χ3n) is 2.15. The minimum absolute atomic E-state index is 0.0442. The summed E-state index contributed by atoms with van der Waals surface area (Å²) in [5.41, 5.74) is 5.92. The molecule has 2 rings (SSSR count). The van der Waals surface area contributed by atoms with Crippen molar-refractivity contribution in [2.75, 3.05) is 18.9 Å². The molecule has 0 aromatic heterocycles. The number of hydrogen-bond acceptors (Lipinski definition) is 3. The maximum absolute atomic E-state index is 12.7. The standard InChI is InChI=1S/C10H12FNO2/c11-7-1-2-10(9(12)5-7)14-8-3-4-13-6-8/h1-2,5,8H,3-4,6,12H2/t8-/m0/s1. The van der Waals surface area contributed by atoms with E-state index in [4.69, 9.17) is 15.2 Å². The van der Waals surface area contributed by atoms with Crippen LogP contribution in [0.3, 0.4) is 0 Å². The Bertz CT molecular complexity index is 324. The molecular weight excluding hydrogens is 185 g/mol. The summed E-state index contributed by atoms with van der Waals surface area (Å²) < 4.78 is 23.4. The van der Waals surface area contributed by atoms with Gasteiger partial charge in [-0.3, -0.25) is 0 Å². The monoisotopic (exact) mass is 197 g/mol. The lowest BCUT2D eigenvalue weighted by Crippen LogP contribution is -2.16. The van der Waals surface area contributed by atoms with Crippen LogP contribution in [0.15, 0.2) is 18.2 Å². The summed E-state index contributed by atoms with van der Waals surface area (Å²) in [6.45, 7) is 1.29. The molecule has 0 aliphatic carbocycles. The molecule has 1 saturated heterocycles. The van der Waals surface area contributed by atoms with E-state index in [0.717, 1.165) is 6.42 Å². The molecule has 1 heterocycles. The second kappa shape index (κ2) is 3.84. The molecule has 1 fully saturated rings. The predicted octanol–water partition coefficient (Wildman–Crippen LogP) is 1.58. The lowest BCUT2D eigenvalue weighted by Gasteiger charge is -2.13. The van der Waals surface area contributed by atoms with E-state index in [1.54, 1.807) is 6.07 Å². The molecule has 2 N–H and O–H groups in total. The van der Waals surface area contributed by atoms with Crippen LogP contribution < -0.4 is 10.5 Å². The van der Waals surface area contributed by atoms with Crippen molar-refractivity contribution >= 4 is 5.69 Å². The van der Waals surface area contributed by atoms with Crippen molar-refractivity contribution in [2.24, 2.45) is 0 Å². The van der Waals surface area contributed by atoms with Crippen molar-refractivity contribution < 1.29 is 13.9 Å². The van der Waals surface area contributed by atoms with Gasteiger partial charge >= 0.3 is 0 Å². The Kier molecular flexibility index (Phi) is 2.54. The van der Waals surface area contributed by atoms with Crippen molar-refractivity contribution in [1.29, 1.82) is 0 Å². The summed E-state index contributed by atoms with van der Waals surface area (Å²) in [6.07, 6.45) is 0.902. The molecule has 4 heteroatoms. The van der Waals surface area contributed by atoms with E-state index in [1.807, 2.05) is 0 Å². The van der Waals surface area contributed by atoms with Crippen LogP contribution in [-0.4, -0.2) is 19.3 Å². The van der Waals surface area contributed by atoms with E-state index < -0.39 is 0 Å².